The monoisotopic (exact) mass is 261 g/mol. The summed E-state index contributed by atoms with van der Waals surface area (Å²) in [5.74, 6) is 0.806. The van der Waals surface area contributed by atoms with Crippen LogP contribution in [-0.2, 0) is 14.8 Å². The van der Waals surface area contributed by atoms with Crippen LogP contribution in [0.5, 0.6) is 0 Å². The van der Waals surface area contributed by atoms with Gasteiger partial charge < -0.3 is 4.74 Å². The third-order valence-electron chi connectivity index (χ3n) is 4.66. The molecule has 2 aliphatic rings. The molecule has 1 spiro atoms. The average Bonchev–Trinajstić information content (AvgIpc) is 2.61. The molecule has 5 heteroatoms. The summed E-state index contributed by atoms with van der Waals surface area (Å²) in [7, 11) is -3.43. The number of sulfonamides is 1. The van der Waals surface area contributed by atoms with Gasteiger partial charge in [0, 0.05) is 6.61 Å². The van der Waals surface area contributed by atoms with E-state index in [0.717, 1.165) is 25.2 Å². The molecule has 1 saturated heterocycles. The Kier molecular flexibility index (Phi) is 3.80. The zero-order chi connectivity index (χ0) is 12.5. The molecule has 0 aromatic rings. The molecule has 17 heavy (non-hydrogen) atoms. The molecular formula is C12H23NO3S. The van der Waals surface area contributed by atoms with Gasteiger partial charge in [-0.2, -0.15) is 0 Å². The predicted octanol–water partition coefficient (Wildman–Crippen LogP) is 1.65. The maximum absolute atomic E-state index is 11.2. The van der Waals surface area contributed by atoms with Crippen molar-refractivity contribution in [3.05, 3.63) is 0 Å². The summed E-state index contributed by atoms with van der Waals surface area (Å²) >= 11 is 0. The molecule has 0 bridgehead atoms. The van der Waals surface area contributed by atoms with E-state index in [-0.39, 0.29) is 17.3 Å². The van der Waals surface area contributed by atoms with Gasteiger partial charge in [-0.15, -0.1) is 0 Å². The summed E-state index contributed by atoms with van der Waals surface area (Å²) < 4.78 is 28.1. The first-order valence-electron chi connectivity index (χ1n) is 6.57. The minimum atomic E-state index is -3.43. The van der Waals surface area contributed by atoms with Crippen LogP contribution in [0.15, 0.2) is 0 Å². The van der Waals surface area contributed by atoms with Gasteiger partial charge in [0.05, 0.1) is 11.9 Å². The first kappa shape index (κ1) is 13.3. The second-order valence-electron chi connectivity index (χ2n) is 5.65. The molecule has 1 saturated carbocycles. The van der Waals surface area contributed by atoms with Crippen molar-refractivity contribution < 1.29 is 13.2 Å². The molecule has 1 aliphatic heterocycles. The first-order valence-corrected chi connectivity index (χ1v) is 8.29. The molecule has 0 aromatic heterocycles. The molecule has 4 nitrogen and oxygen atoms in total. The molecule has 1 atom stereocenters. The van der Waals surface area contributed by atoms with Crippen molar-refractivity contribution in [2.45, 2.75) is 51.6 Å². The highest BCUT2D eigenvalue weighted by molar-refractivity contribution is 7.89. The molecule has 0 aromatic carbocycles. The number of hydrogen-bond acceptors (Lipinski definition) is 3. The van der Waals surface area contributed by atoms with E-state index >= 15 is 0 Å². The maximum Gasteiger partial charge on any atom is 0.211 e. The van der Waals surface area contributed by atoms with E-state index in [0.29, 0.717) is 6.61 Å². The van der Waals surface area contributed by atoms with Crippen molar-refractivity contribution in [1.29, 1.82) is 0 Å². The van der Waals surface area contributed by atoms with Crippen molar-refractivity contribution in [3.63, 3.8) is 0 Å². The van der Waals surface area contributed by atoms with Crippen LogP contribution < -0.4 is 5.14 Å². The molecule has 100 valence electrons. The number of ether oxygens (including phenoxy) is 1. The van der Waals surface area contributed by atoms with Crippen LogP contribution in [-0.4, -0.2) is 26.9 Å². The normalized spacial score (nSPS) is 38.7. The summed E-state index contributed by atoms with van der Waals surface area (Å²) in [5, 5.41) is 5.15. The Balaban J connectivity index is 2.04. The van der Waals surface area contributed by atoms with Gasteiger partial charge in [-0.05, 0) is 43.4 Å². The van der Waals surface area contributed by atoms with E-state index in [4.69, 9.17) is 9.88 Å². The van der Waals surface area contributed by atoms with Gasteiger partial charge >= 0.3 is 0 Å². The molecule has 1 aliphatic carbocycles. The van der Waals surface area contributed by atoms with Crippen LogP contribution in [0.1, 0.15) is 45.4 Å². The topological polar surface area (TPSA) is 69.4 Å². The molecule has 2 fully saturated rings. The Morgan fingerprint density at radius 2 is 1.94 bits per heavy atom. The fourth-order valence-electron chi connectivity index (χ4n) is 3.41. The highest BCUT2D eigenvalue weighted by atomic mass is 32.2. The van der Waals surface area contributed by atoms with E-state index in [1.807, 2.05) is 0 Å². The van der Waals surface area contributed by atoms with Crippen LogP contribution in [0.25, 0.3) is 0 Å². The zero-order valence-electron chi connectivity index (χ0n) is 10.5. The average molecular weight is 261 g/mol. The van der Waals surface area contributed by atoms with Crippen LogP contribution in [0.4, 0.5) is 0 Å². The van der Waals surface area contributed by atoms with Gasteiger partial charge in [-0.25, -0.2) is 13.6 Å². The molecule has 0 amide bonds. The summed E-state index contributed by atoms with van der Waals surface area (Å²) in [6.07, 6.45) is 6.69. The first-order chi connectivity index (χ1) is 7.95. The zero-order valence-corrected chi connectivity index (χ0v) is 11.3. The fourth-order valence-corrected chi connectivity index (χ4v) is 4.28. The van der Waals surface area contributed by atoms with E-state index in [1.54, 1.807) is 0 Å². The summed E-state index contributed by atoms with van der Waals surface area (Å²) in [5.41, 5.74) is 0.0953. The van der Waals surface area contributed by atoms with Crippen molar-refractivity contribution >= 4 is 10.0 Å². The van der Waals surface area contributed by atoms with Gasteiger partial charge in [-0.1, -0.05) is 13.3 Å². The van der Waals surface area contributed by atoms with E-state index < -0.39 is 10.0 Å². The smallest absolute Gasteiger partial charge is 0.211 e. The lowest BCUT2D eigenvalue weighted by Crippen LogP contribution is -2.41. The third-order valence-corrected chi connectivity index (χ3v) is 5.43. The Labute approximate surface area is 104 Å². The predicted molar refractivity (Wildman–Crippen MR) is 67.0 cm³/mol. The lowest BCUT2D eigenvalue weighted by atomic mass is 9.66. The highest BCUT2D eigenvalue weighted by Crippen LogP contribution is 2.49. The lowest BCUT2D eigenvalue weighted by molar-refractivity contribution is 0.0339. The van der Waals surface area contributed by atoms with Gasteiger partial charge in [0.25, 0.3) is 0 Å². The SMILES string of the molecule is CCC1CCC2(CCOC2CS(N)(=O)=O)CC1. The molecular weight excluding hydrogens is 238 g/mol. The van der Waals surface area contributed by atoms with Crippen molar-refractivity contribution in [2.24, 2.45) is 16.5 Å². The van der Waals surface area contributed by atoms with E-state index in [1.165, 1.54) is 19.3 Å². The Hall–Kier alpha value is -0.130. The van der Waals surface area contributed by atoms with Gasteiger partial charge in [-0.3, -0.25) is 0 Å². The van der Waals surface area contributed by atoms with Crippen LogP contribution in [0.3, 0.4) is 0 Å². The number of rotatable bonds is 3. The minimum Gasteiger partial charge on any atom is -0.377 e. The quantitative estimate of drug-likeness (QED) is 0.840. The molecule has 2 rings (SSSR count). The maximum atomic E-state index is 11.2. The Morgan fingerprint density at radius 1 is 1.29 bits per heavy atom. The number of nitrogens with two attached hydrogens (primary N) is 1. The van der Waals surface area contributed by atoms with Crippen LogP contribution in [0.2, 0.25) is 0 Å². The molecule has 1 unspecified atom stereocenters. The van der Waals surface area contributed by atoms with E-state index in [2.05, 4.69) is 6.92 Å². The van der Waals surface area contributed by atoms with Crippen molar-refractivity contribution in [3.8, 4) is 0 Å². The number of primary sulfonamides is 1. The highest BCUT2D eigenvalue weighted by Gasteiger charge is 2.46. The van der Waals surface area contributed by atoms with Gasteiger partial charge in [0.2, 0.25) is 10.0 Å². The van der Waals surface area contributed by atoms with Gasteiger partial charge in [0.15, 0.2) is 0 Å². The minimum absolute atomic E-state index is 0.0101. The van der Waals surface area contributed by atoms with Crippen molar-refractivity contribution in [2.75, 3.05) is 12.4 Å². The van der Waals surface area contributed by atoms with Crippen molar-refractivity contribution in [1.82, 2.24) is 0 Å². The molecule has 0 radical (unpaired) electrons. The standard InChI is InChI=1S/C12H23NO3S/c1-2-10-3-5-12(6-4-10)7-8-16-11(12)9-17(13,14)15/h10-11H,2-9H2,1H3,(H2,13,14,15). The van der Waals surface area contributed by atoms with Crippen LogP contribution in [0, 0.1) is 11.3 Å². The molecule has 2 N–H and O–H groups in total. The second-order valence-corrected chi connectivity index (χ2v) is 7.31. The van der Waals surface area contributed by atoms with Gasteiger partial charge in [0.1, 0.15) is 0 Å². The largest absolute Gasteiger partial charge is 0.377 e. The second kappa shape index (κ2) is 4.86. The van der Waals surface area contributed by atoms with E-state index in [9.17, 15) is 8.42 Å². The summed E-state index contributed by atoms with van der Waals surface area (Å²) in [4.78, 5) is 0. The Morgan fingerprint density at radius 3 is 2.47 bits per heavy atom. The summed E-state index contributed by atoms with van der Waals surface area (Å²) in [6, 6.07) is 0. The lowest BCUT2D eigenvalue weighted by Gasteiger charge is -2.40. The number of hydrogen-bond donors (Lipinski definition) is 1. The van der Waals surface area contributed by atoms with Crippen LogP contribution >= 0.6 is 0 Å². The fraction of sp³-hybridized carbons (Fsp3) is 1.00. The third kappa shape index (κ3) is 3.01. The summed E-state index contributed by atoms with van der Waals surface area (Å²) in [6.45, 7) is 2.92. The molecule has 1 heterocycles. The Bertz CT molecular complexity index is 358.